The molecule has 1 atom stereocenters. The summed E-state index contributed by atoms with van der Waals surface area (Å²) in [5, 5.41) is -1.26. The van der Waals surface area contributed by atoms with Gasteiger partial charge in [-0.25, -0.2) is 25.9 Å². The Balaban J connectivity index is 1.92. The van der Waals surface area contributed by atoms with E-state index in [0.29, 0.717) is 0 Å². The van der Waals surface area contributed by atoms with Gasteiger partial charge in [-0.1, -0.05) is 18.2 Å². The number of hydrogen-bond acceptors (Lipinski definition) is 5. The lowest BCUT2D eigenvalue weighted by molar-refractivity contribution is 0.486. The lowest BCUT2D eigenvalue weighted by Gasteiger charge is -2.17. The van der Waals surface area contributed by atoms with E-state index in [0.717, 1.165) is 12.1 Å². The van der Waals surface area contributed by atoms with Crippen LogP contribution >= 0.6 is 0 Å². The highest BCUT2D eigenvalue weighted by Gasteiger charge is 2.32. The van der Waals surface area contributed by atoms with Gasteiger partial charge in [0.1, 0.15) is 16.8 Å². The van der Waals surface area contributed by atoms with Crippen molar-refractivity contribution in [3.63, 3.8) is 0 Å². The summed E-state index contributed by atoms with van der Waals surface area (Å²) in [4.78, 5) is -0.102. The van der Waals surface area contributed by atoms with Crippen LogP contribution < -0.4 is 4.72 Å². The van der Waals surface area contributed by atoms with Crippen LogP contribution in [0.4, 0.5) is 4.39 Å². The first-order valence-electron chi connectivity index (χ1n) is 8.30. The molecule has 0 unspecified atom stereocenters. The van der Waals surface area contributed by atoms with Gasteiger partial charge < -0.3 is 4.42 Å². The van der Waals surface area contributed by atoms with Gasteiger partial charge in [0.05, 0.1) is 16.1 Å². The molecular formula is C19H18FNO5S2. The van der Waals surface area contributed by atoms with Crippen molar-refractivity contribution in [2.24, 2.45) is 0 Å². The minimum atomic E-state index is -4.05. The van der Waals surface area contributed by atoms with Gasteiger partial charge in [-0.05, 0) is 55.0 Å². The summed E-state index contributed by atoms with van der Waals surface area (Å²) in [6, 6.07) is 14.1. The molecule has 0 saturated heterocycles. The zero-order valence-electron chi connectivity index (χ0n) is 14.9. The van der Waals surface area contributed by atoms with E-state index in [4.69, 9.17) is 4.42 Å². The molecule has 0 bridgehead atoms. The second-order valence-electron chi connectivity index (χ2n) is 6.13. The third-order valence-corrected chi connectivity index (χ3v) is 7.70. The molecule has 0 aliphatic rings. The highest BCUT2D eigenvalue weighted by atomic mass is 32.2. The van der Waals surface area contributed by atoms with Crippen molar-refractivity contribution in [1.82, 2.24) is 4.72 Å². The van der Waals surface area contributed by atoms with Gasteiger partial charge in [0.15, 0.2) is 9.84 Å². The summed E-state index contributed by atoms with van der Waals surface area (Å²) in [5.74, 6) is -0.416. The quantitative estimate of drug-likeness (QED) is 0.630. The lowest BCUT2D eigenvalue weighted by atomic mass is 10.2. The largest absolute Gasteiger partial charge is 0.468 e. The van der Waals surface area contributed by atoms with Crippen molar-refractivity contribution >= 4 is 19.9 Å². The number of benzene rings is 2. The van der Waals surface area contributed by atoms with Crippen LogP contribution in [0.5, 0.6) is 0 Å². The summed E-state index contributed by atoms with van der Waals surface area (Å²) in [5.41, 5.74) is 0.169. The molecule has 1 N–H and O–H groups in total. The number of halogens is 1. The first-order chi connectivity index (χ1) is 13.2. The summed E-state index contributed by atoms with van der Waals surface area (Å²) in [6.45, 7) is 1.00. The molecule has 0 amide bonds. The zero-order valence-corrected chi connectivity index (χ0v) is 16.5. The van der Waals surface area contributed by atoms with Gasteiger partial charge in [0.25, 0.3) is 0 Å². The molecule has 0 saturated carbocycles. The van der Waals surface area contributed by atoms with Crippen LogP contribution in [0.15, 0.2) is 81.1 Å². The van der Waals surface area contributed by atoms with Crippen molar-refractivity contribution in [3.8, 4) is 0 Å². The number of furan rings is 1. The molecule has 1 heterocycles. The Kier molecular flexibility index (Phi) is 5.69. The van der Waals surface area contributed by atoms with Crippen molar-refractivity contribution < 1.29 is 25.6 Å². The maximum Gasteiger partial charge on any atom is 0.240 e. The summed E-state index contributed by atoms with van der Waals surface area (Å²) >= 11 is 0. The van der Waals surface area contributed by atoms with Crippen LogP contribution in [0, 0.1) is 12.7 Å². The average molecular weight is 423 g/mol. The van der Waals surface area contributed by atoms with Crippen LogP contribution in [0.2, 0.25) is 0 Å². The topological polar surface area (TPSA) is 93.4 Å². The molecule has 6 nitrogen and oxygen atoms in total. The van der Waals surface area contributed by atoms with Gasteiger partial charge in [0.2, 0.25) is 10.0 Å². The second kappa shape index (κ2) is 7.86. The molecule has 1 aromatic heterocycles. The predicted molar refractivity (Wildman–Crippen MR) is 101 cm³/mol. The molecule has 148 valence electrons. The zero-order chi connectivity index (χ0) is 20.4. The van der Waals surface area contributed by atoms with E-state index in [9.17, 15) is 21.2 Å². The molecule has 0 aliphatic carbocycles. The minimum absolute atomic E-state index is 0.0493. The van der Waals surface area contributed by atoms with Crippen molar-refractivity contribution in [3.05, 3.63) is 84.1 Å². The Hall–Kier alpha value is -2.49. The summed E-state index contributed by atoms with van der Waals surface area (Å²) in [6.07, 6.45) is 1.32. The van der Waals surface area contributed by atoms with E-state index < -0.39 is 37.5 Å². The number of hydrogen-bond donors (Lipinski definition) is 1. The van der Waals surface area contributed by atoms with Gasteiger partial charge in [0, 0.05) is 6.54 Å². The van der Waals surface area contributed by atoms with Crippen LogP contribution in [-0.4, -0.2) is 23.4 Å². The van der Waals surface area contributed by atoms with Gasteiger partial charge in [-0.2, -0.15) is 0 Å². The normalized spacial score (nSPS) is 13.4. The second-order valence-corrected chi connectivity index (χ2v) is 10.0. The summed E-state index contributed by atoms with van der Waals surface area (Å²) < 4.78 is 72.2. The van der Waals surface area contributed by atoms with Crippen LogP contribution in [-0.2, 0) is 19.9 Å². The molecule has 9 heteroatoms. The number of rotatable bonds is 7. The number of nitrogens with one attached hydrogen (secondary N) is 1. The van der Waals surface area contributed by atoms with Gasteiger partial charge in [-0.3, -0.25) is 0 Å². The first-order valence-corrected chi connectivity index (χ1v) is 11.3. The van der Waals surface area contributed by atoms with Crippen molar-refractivity contribution in [2.75, 3.05) is 6.54 Å². The third-order valence-electron chi connectivity index (χ3n) is 4.21. The fourth-order valence-electron chi connectivity index (χ4n) is 2.67. The smallest absolute Gasteiger partial charge is 0.240 e. The Labute approximate surface area is 163 Å². The van der Waals surface area contributed by atoms with E-state index in [1.165, 1.54) is 43.5 Å². The fourth-order valence-corrected chi connectivity index (χ4v) is 5.51. The Morgan fingerprint density at radius 1 is 0.964 bits per heavy atom. The average Bonchev–Trinajstić information content (AvgIpc) is 3.18. The van der Waals surface area contributed by atoms with E-state index in [2.05, 4.69) is 4.72 Å². The molecule has 2 aromatic carbocycles. The Bertz CT molecular complexity index is 1160. The fraction of sp³-hybridized carbons (Fsp3) is 0.158. The first kappa shape index (κ1) is 20.2. The molecule has 28 heavy (non-hydrogen) atoms. The van der Waals surface area contributed by atoms with Crippen molar-refractivity contribution in [2.45, 2.75) is 22.0 Å². The van der Waals surface area contributed by atoms with Crippen molar-refractivity contribution in [1.29, 1.82) is 0 Å². The molecule has 3 rings (SSSR count). The Morgan fingerprint density at radius 2 is 1.68 bits per heavy atom. The lowest BCUT2D eigenvalue weighted by Crippen LogP contribution is -2.32. The van der Waals surface area contributed by atoms with Crippen LogP contribution in [0.3, 0.4) is 0 Å². The number of sulfone groups is 1. The van der Waals surface area contributed by atoms with Crippen LogP contribution in [0.1, 0.15) is 16.6 Å². The predicted octanol–water partition coefficient (Wildman–Crippen LogP) is 3.22. The van der Waals surface area contributed by atoms with E-state index in [1.807, 2.05) is 0 Å². The highest BCUT2D eigenvalue weighted by molar-refractivity contribution is 7.92. The van der Waals surface area contributed by atoms with Crippen LogP contribution in [0.25, 0.3) is 0 Å². The maximum absolute atomic E-state index is 13.4. The van der Waals surface area contributed by atoms with E-state index in [1.54, 1.807) is 18.2 Å². The number of aryl methyl sites for hydroxylation is 1. The third kappa shape index (κ3) is 4.16. The molecule has 0 aliphatic heterocycles. The molecule has 0 radical (unpaired) electrons. The maximum atomic E-state index is 13.4. The Morgan fingerprint density at radius 3 is 2.29 bits per heavy atom. The number of sulfonamides is 1. The molecular weight excluding hydrogens is 405 g/mol. The SMILES string of the molecule is Cc1cc(S(=O)(=O)NC[C@@H](c2ccco2)S(=O)(=O)c2ccccc2)ccc1F. The molecule has 0 fully saturated rings. The van der Waals surface area contributed by atoms with Gasteiger partial charge >= 0.3 is 0 Å². The summed E-state index contributed by atoms with van der Waals surface area (Å²) in [7, 11) is -7.98. The van der Waals surface area contributed by atoms with E-state index in [-0.39, 0.29) is 21.1 Å². The minimum Gasteiger partial charge on any atom is -0.468 e. The van der Waals surface area contributed by atoms with Gasteiger partial charge in [-0.15, -0.1) is 0 Å². The monoisotopic (exact) mass is 423 g/mol. The highest BCUT2D eigenvalue weighted by Crippen LogP contribution is 2.29. The molecule has 3 aromatic rings. The molecule has 0 spiro atoms. The standard InChI is InChI=1S/C19H18FNO5S2/c1-14-12-16(9-10-17(14)20)28(24,25)21-13-19(18-8-5-11-26-18)27(22,23)15-6-3-2-4-7-15/h2-12,19,21H,13H2,1H3/t19-/m0/s1. The van der Waals surface area contributed by atoms with E-state index >= 15 is 0 Å².